The maximum absolute atomic E-state index is 12.1. The highest BCUT2D eigenvalue weighted by Crippen LogP contribution is 2.20. The van der Waals surface area contributed by atoms with Crippen LogP contribution in [0, 0.1) is 0 Å². The van der Waals surface area contributed by atoms with Crippen molar-refractivity contribution in [2.24, 2.45) is 7.05 Å². The summed E-state index contributed by atoms with van der Waals surface area (Å²) in [5.74, 6) is 0. The van der Waals surface area contributed by atoms with Gasteiger partial charge in [-0.05, 0) is 25.3 Å². The van der Waals surface area contributed by atoms with Gasteiger partial charge in [-0.1, -0.05) is 30.3 Å². The van der Waals surface area contributed by atoms with Crippen molar-refractivity contribution in [1.82, 2.24) is 20.0 Å². The van der Waals surface area contributed by atoms with E-state index in [0.29, 0.717) is 11.7 Å². The third-order valence-corrected chi connectivity index (χ3v) is 4.54. The summed E-state index contributed by atoms with van der Waals surface area (Å²) in [5, 5.41) is 9.95. The van der Waals surface area contributed by atoms with Crippen molar-refractivity contribution in [3.63, 3.8) is 0 Å². The molecule has 3 rings (SSSR count). The zero-order valence-electron chi connectivity index (χ0n) is 14.3. The first-order valence-corrected chi connectivity index (χ1v) is 8.44. The van der Waals surface area contributed by atoms with Gasteiger partial charge in [-0.25, -0.2) is 4.79 Å². The average molecular weight is 327 g/mol. The van der Waals surface area contributed by atoms with E-state index in [1.165, 1.54) is 5.56 Å². The van der Waals surface area contributed by atoms with Crippen LogP contribution in [0.25, 0.3) is 0 Å². The number of carbonyl (C=O) groups is 1. The molecule has 0 aliphatic carbocycles. The van der Waals surface area contributed by atoms with E-state index in [1.54, 1.807) is 17.1 Å². The highest BCUT2D eigenvalue weighted by atomic mass is 16.2. The van der Waals surface area contributed by atoms with E-state index >= 15 is 0 Å². The molecule has 0 bridgehead atoms. The lowest BCUT2D eigenvalue weighted by Crippen LogP contribution is -2.49. The van der Waals surface area contributed by atoms with E-state index in [2.05, 4.69) is 51.8 Å². The standard InChI is InChI=1S/C18H25N5O/c1-14-10-16(20-18(24)21-17-11-19-22(2)13-17)8-9-23(14)12-15-6-4-3-5-7-15/h3-7,11,13-14,16H,8-10,12H2,1-2H3,(H2,20,21,24)/t14-,16-/m1/s1. The number of aryl methyl sites for hydroxylation is 1. The number of aromatic nitrogens is 2. The molecule has 1 aliphatic rings. The Labute approximate surface area is 142 Å². The van der Waals surface area contributed by atoms with Gasteiger partial charge in [-0.3, -0.25) is 9.58 Å². The Hall–Kier alpha value is -2.34. The third kappa shape index (κ3) is 4.35. The highest BCUT2D eigenvalue weighted by Gasteiger charge is 2.26. The normalized spacial score (nSPS) is 21.4. The van der Waals surface area contributed by atoms with Crippen molar-refractivity contribution in [2.75, 3.05) is 11.9 Å². The highest BCUT2D eigenvalue weighted by molar-refractivity contribution is 5.89. The Morgan fingerprint density at radius 2 is 2.12 bits per heavy atom. The summed E-state index contributed by atoms with van der Waals surface area (Å²) < 4.78 is 1.67. The van der Waals surface area contributed by atoms with Gasteiger partial charge in [-0.15, -0.1) is 0 Å². The zero-order valence-corrected chi connectivity index (χ0v) is 14.3. The smallest absolute Gasteiger partial charge is 0.319 e. The van der Waals surface area contributed by atoms with Gasteiger partial charge in [0, 0.05) is 38.4 Å². The Kier molecular flexibility index (Phi) is 5.15. The predicted octanol–water partition coefficient (Wildman–Crippen LogP) is 2.59. The van der Waals surface area contributed by atoms with Crippen LogP contribution in [-0.2, 0) is 13.6 Å². The second kappa shape index (κ2) is 7.49. The Balaban J connectivity index is 1.47. The average Bonchev–Trinajstić information content (AvgIpc) is 2.96. The molecule has 0 spiro atoms. The molecule has 1 aromatic heterocycles. The molecule has 0 unspecified atom stereocenters. The van der Waals surface area contributed by atoms with Gasteiger partial charge in [0.1, 0.15) is 0 Å². The van der Waals surface area contributed by atoms with Gasteiger partial charge in [-0.2, -0.15) is 5.10 Å². The van der Waals surface area contributed by atoms with Crippen molar-refractivity contribution in [1.29, 1.82) is 0 Å². The fourth-order valence-corrected chi connectivity index (χ4v) is 3.24. The Bertz CT molecular complexity index is 669. The summed E-state index contributed by atoms with van der Waals surface area (Å²) in [5.41, 5.74) is 2.05. The van der Waals surface area contributed by atoms with Gasteiger partial charge in [0.05, 0.1) is 11.9 Å². The van der Waals surface area contributed by atoms with Crippen LogP contribution in [0.3, 0.4) is 0 Å². The van der Waals surface area contributed by atoms with Crippen molar-refractivity contribution < 1.29 is 4.79 Å². The van der Waals surface area contributed by atoms with E-state index in [4.69, 9.17) is 0 Å². The number of rotatable bonds is 4. The summed E-state index contributed by atoms with van der Waals surface area (Å²) in [4.78, 5) is 14.6. The minimum atomic E-state index is -0.156. The third-order valence-electron chi connectivity index (χ3n) is 4.54. The molecule has 0 radical (unpaired) electrons. The quantitative estimate of drug-likeness (QED) is 0.907. The van der Waals surface area contributed by atoms with Crippen LogP contribution in [-0.4, -0.2) is 39.3 Å². The summed E-state index contributed by atoms with van der Waals surface area (Å²) >= 11 is 0. The van der Waals surface area contributed by atoms with E-state index in [-0.39, 0.29) is 12.1 Å². The Morgan fingerprint density at radius 1 is 1.33 bits per heavy atom. The van der Waals surface area contributed by atoms with Crippen LogP contribution in [0.4, 0.5) is 10.5 Å². The number of amides is 2. The lowest BCUT2D eigenvalue weighted by Gasteiger charge is -2.38. The molecular formula is C18H25N5O. The second-order valence-electron chi connectivity index (χ2n) is 6.53. The maximum Gasteiger partial charge on any atom is 0.319 e. The minimum absolute atomic E-state index is 0.156. The monoisotopic (exact) mass is 327 g/mol. The van der Waals surface area contributed by atoms with Crippen molar-refractivity contribution in [3.8, 4) is 0 Å². The Morgan fingerprint density at radius 3 is 2.79 bits per heavy atom. The molecule has 2 heterocycles. The van der Waals surface area contributed by atoms with Crippen molar-refractivity contribution in [2.45, 2.75) is 38.4 Å². The molecule has 1 fully saturated rings. The van der Waals surface area contributed by atoms with Gasteiger partial charge < -0.3 is 10.6 Å². The molecule has 6 nitrogen and oxygen atoms in total. The number of hydrogen-bond donors (Lipinski definition) is 2. The molecule has 1 aromatic carbocycles. The fourth-order valence-electron chi connectivity index (χ4n) is 3.24. The lowest BCUT2D eigenvalue weighted by molar-refractivity contribution is 0.131. The molecule has 2 amide bonds. The largest absolute Gasteiger partial charge is 0.335 e. The van der Waals surface area contributed by atoms with Crippen LogP contribution < -0.4 is 10.6 Å². The van der Waals surface area contributed by atoms with Gasteiger partial charge in [0.15, 0.2) is 0 Å². The molecule has 2 atom stereocenters. The van der Waals surface area contributed by atoms with Gasteiger partial charge in [0.2, 0.25) is 0 Å². The summed E-state index contributed by atoms with van der Waals surface area (Å²) in [6.45, 7) is 4.19. The molecule has 24 heavy (non-hydrogen) atoms. The van der Waals surface area contributed by atoms with Crippen LogP contribution in [0.15, 0.2) is 42.7 Å². The van der Waals surface area contributed by atoms with Crippen LogP contribution in [0.2, 0.25) is 0 Å². The molecule has 2 N–H and O–H groups in total. The topological polar surface area (TPSA) is 62.2 Å². The minimum Gasteiger partial charge on any atom is -0.335 e. The number of likely N-dealkylation sites (tertiary alicyclic amines) is 1. The van der Waals surface area contributed by atoms with E-state index in [0.717, 1.165) is 25.9 Å². The van der Waals surface area contributed by atoms with Gasteiger partial charge >= 0.3 is 6.03 Å². The first kappa shape index (κ1) is 16.5. The van der Waals surface area contributed by atoms with Crippen LogP contribution >= 0.6 is 0 Å². The number of piperidine rings is 1. The van der Waals surface area contributed by atoms with E-state index in [1.807, 2.05) is 13.1 Å². The molecule has 1 aliphatic heterocycles. The molecular weight excluding hydrogens is 302 g/mol. The lowest BCUT2D eigenvalue weighted by atomic mass is 9.97. The van der Waals surface area contributed by atoms with E-state index in [9.17, 15) is 4.79 Å². The molecule has 128 valence electrons. The number of urea groups is 1. The fraction of sp³-hybridized carbons (Fsp3) is 0.444. The first-order chi connectivity index (χ1) is 11.6. The number of benzene rings is 1. The predicted molar refractivity (Wildman–Crippen MR) is 94.7 cm³/mol. The molecule has 2 aromatic rings. The number of nitrogens with one attached hydrogen (secondary N) is 2. The van der Waals surface area contributed by atoms with Crippen molar-refractivity contribution in [3.05, 3.63) is 48.3 Å². The van der Waals surface area contributed by atoms with Gasteiger partial charge in [0.25, 0.3) is 0 Å². The SMILES string of the molecule is C[C@@H]1C[C@H](NC(=O)Nc2cnn(C)c2)CCN1Cc1ccccc1. The second-order valence-corrected chi connectivity index (χ2v) is 6.53. The number of hydrogen-bond acceptors (Lipinski definition) is 3. The maximum atomic E-state index is 12.1. The number of anilines is 1. The van der Waals surface area contributed by atoms with Crippen LogP contribution in [0.1, 0.15) is 25.3 Å². The summed E-state index contributed by atoms with van der Waals surface area (Å²) in [7, 11) is 1.83. The van der Waals surface area contributed by atoms with Crippen molar-refractivity contribution >= 4 is 11.7 Å². The summed E-state index contributed by atoms with van der Waals surface area (Å²) in [6.07, 6.45) is 5.36. The molecule has 0 saturated carbocycles. The molecule has 6 heteroatoms. The van der Waals surface area contributed by atoms with E-state index < -0.39 is 0 Å². The first-order valence-electron chi connectivity index (χ1n) is 8.44. The number of carbonyl (C=O) groups excluding carboxylic acids is 1. The van der Waals surface area contributed by atoms with Crippen LogP contribution in [0.5, 0.6) is 0 Å². The summed E-state index contributed by atoms with van der Waals surface area (Å²) in [6, 6.07) is 11.0. The molecule has 1 saturated heterocycles. The zero-order chi connectivity index (χ0) is 16.9. The number of nitrogens with zero attached hydrogens (tertiary/aromatic N) is 3.